The van der Waals surface area contributed by atoms with E-state index in [1.807, 2.05) is 0 Å². The number of alkyl halides is 3. The summed E-state index contributed by atoms with van der Waals surface area (Å²) in [5, 5.41) is 7.31. The van der Waals surface area contributed by atoms with Crippen LogP contribution in [0.5, 0.6) is 5.75 Å². The number of H-pyrrole nitrogens is 1. The highest BCUT2D eigenvalue weighted by atomic mass is 32.2. The average Bonchev–Trinajstić information content (AvgIpc) is 3.43. The van der Waals surface area contributed by atoms with Crippen LogP contribution >= 0.6 is 0 Å². The highest BCUT2D eigenvalue weighted by molar-refractivity contribution is 7.91. The van der Waals surface area contributed by atoms with Gasteiger partial charge in [0.1, 0.15) is 17.3 Å². The lowest BCUT2D eigenvalue weighted by molar-refractivity contribution is -0.137. The van der Waals surface area contributed by atoms with Crippen LogP contribution in [-0.2, 0) is 29.0 Å². The summed E-state index contributed by atoms with van der Waals surface area (Å²) in [6.07, 6.45) is -1.22. The van der Waals surface area contributed by atoms with Crippen LogP contribution < -0.4 is 4.74 Å². The molecule has 0 atom stereocenters. The Labute approximate surface area is 227 Å². The third-order valence-electron chi connectivity index (χ3n) is 6.29. The molecule has 0 amide bonds. The Kier molecular flexibility index (Phi) is 7.40. The van der Waals surface area contributed by atoms with E-state index in [1.165, 1.54) is 30.5 Å². The molecule has 0 aliphatic carbocycles. The maximum absolute atomic E-state index is 13.5. The largest absolute Gasteiger partial charge is 0.488 e. The molecule has 2 heterocycles. The van der Waals surface area contributed by atoms with Gasteiger partial charge >= 0.3 is 6.18 Å². The number of halogens is 3. The summed E-state index contributed by atoms with van der Waals surface area (Å²) in [5.74, 6) is -0.328. The van der Waals surface area contributed by atoms with E-state index in [2.05, 4.69) is 15.2 Å². The summed E-state index contributed by atoms with van der Waals surface area (Å²) >= 11 is 0. The number of fused-ring (bicyclic) bond motifs is 1. The molecule has 0 bridgehead atoms. The van der Waals surface area contributed by atoms with E-state index >= 15 is 0 Å². The predicted octanol–water partition coefficient (Wildman–Crippen LogP) is 6.20. The fourth-order valence-electron chi connectivity index (χ4n) is 4.10. The number of aromatic amines is 1. The topological polar surface area (TPSA) is 102 Å². The molecule has 0 fully saturated rings. The third kappa shape index (κ3) is 5.89. The van der Waals surface area contributed by atoms with Crippen molar-refractivity contribution >= 4 is 26.7 Å². The molecule has 0 spiro atoms. The van der Waals surface area contributed by atoms with Crippen molar-refractivity contribution < 1.29 is 31.1 Å². The Morgan fingerprint density at radius 2 is 1.65 bits per heavy atom. The molecular weight excluding hydrogens is 543 g/mol. The molecule has 0 unspecified atom stereocenters. The molecule has 3 aromatic carbocycles. The lowest BCUT2D eigenvalue weighted by Crippen LogP contribution is -2.11. The first-order chi connectivity index (χ1) is 19.1. The molecule has 2 aromatic heterocycles. The molecule has 5 rings (SSSR count). The van der Waals surface area contributed by atoms with Crippen LogP contribution in [0, 0.1) is 0 Å². The minimum atomic E-state index is -4.74. The van der Waals surface area contributed by atoms with Gasteiger partial charge in [-0.05, 0) is 53.9 Å². The quantitative estimate of drug-likeness (QED) is 0.214. The Bertz CT molecular complexity index is 1770. The molecule has 0 saturated carbocycles. The monoisotopic (exact) mass is 565 g/mol. The van der Waals surface area contributed by atoms with Crippen molar-refractivity contribution in [2.24, 2.45) is 0 Å². The van der Waals surface area contributed by atoms with Crippen molar-refractivity contribution in [1.82, 2.24) is 15.2 Å². The van der Waals surface area contributed by atoms with E-state index in [9.17, 15) is 26.4 Å². The van der Waals surface area contributed by atoms with Gasteiger partial charge in [-0.15, -0.1) is 0 Å². The van der Waals surface area contributed by atoms with Crippen LogP contribution in [0.15, 0.2) is 101 Å². The number of nitrogens with one attached hydrogen (secondary N) is 1. The van der Waals surface area contributed by atoms with Gasteiger partial charge in [-0.2, -0.15) is 18.3 Å². The summed E-state index contributed by atoms with van der Waals surface area (Å²) in [4.78, 5) is 16.0. The highest BCUT2D eigenvalue weighted by Crippen LogP contribution is 2.37. The number of benzene rings is 3. The van der Waals surface area contributed by atoms with E-state index in [-0.39, 0.29) is 29.5 Å². The minimum absolute atomic E-state index is 0.0231. The van der Waals surface area contributed by atoms with E-state index in [0.717, 1.165) is 17.7 Å². The van der Waals surface area contributed by atoms with Gasteiger partial charge in [-0.3, -0.25) is 9.89 Å². The fraction of sp³-hybridized carbons (Fsp3) is 0.138. The normalized spacial score (nSPS) is 12.0. The number of hydrogen-bond acceptors (Lipinski definition) is 6. The van der Waals surface area contributed by atoms with Gasteiger partial charge in [0.15, 0.2) is 11.4 Å². The van der Waals surface area contributed by atoms with E-state index in [4.69, 9.17) is 4.74 Å². The smallest absolute Gasteiger partial charge is 0.416 e. The van der Waals surface area contributed by atoms with E-state index in [0.29, 0.717) is 34.6 Å². The molecule has 204 valence electrons. The number of ether oxygens (including phenoxy) is 1. The zero-order valence-corrected chi connectivity index (χ0v) is 21.7. The number of rotatable bonds is 9. The van der Waals surface area contributed by atoms with Crippen LogP contribution in [0.1, 0.15) is 33.5 Å². The minimum Gasteiger partial charge on any atom is -0.488 e. The fourth-order valence-corrected chi connectivity index (χ4v) is 5.52. The van der Waals surface area contributed by atoms with Crippen LogP contribution in [0.25, 0.3) is 11.0 Å². The van der Waals surface area contributed by atoms with Crippen LogP contribution in [0.3, 0.4) is 0 Å². The Morgan fingerprint density at radius 1 is 0.900 bits per heavy atom. The molecule has 0 saturated heterocycles. The maximum atomic E-state index is 13.5. The summed E-state index contributed by atoms with van der Waals surface area (Å²) in [6.45, 7) is -0.0231. The lowest BCUT2D eigenvalue weighted by Gasteiger charge is -2.15. The van der Waals surface area contributed by atoms with Gasteiger partial charge < -0.3 is 4.74 Å². The number of ketones is 1. The van der Waals surface area contributed by atoms with E-state index in [1.54, 1.807) is 42.6 Å². The molecule has 40 heavy (non-hydrogen) atoms. The standard InChI is InChI=1S/C29H22F3N3O4S/c30-29(31,32)23-9-13-26(39-18-20-4-2-1-3-5-20)27(15-23)40(37,38)24-10-6-19(7-11-24)8-12-25(36)21-14-22-17-34-35-28(22)33-16-21/h1-7,9-11,13-17H,8,12,18H2,(H,33,34,35). The second-order valence-electron chi connectivity index (χ2n) is 9.04. The Balaban J connectivity index is 1.35. The number of carbonyl (C=O) groups excluding carboxylic acids is 1. The summed E-state index contributed by atoms with van der Waals surface area (Å²) in [5.41, 5.74) is 1.32. The van der Waals surface area contributed by atoms with Crippen molar-refractivity contribution in [3.8, 4) is 5.75 Å². The van der Waals surface area contributed by atoms with Gasteiger partial charge in [-0.25, -0.2) is 13.4 Å². The number of aryl methyl sites for hydroxylation is 1. The van der Waals surface area contributed by atoms with Crippen LogP contribution in [0.4, 0.5) is 13.2 Å². The Morgan fingerprint density at radius 3 is 2.38 bits per heavy atom. The number of hydrogen-bond donors (Lipinski definition) is 1. The summed E-state index contributed by atoms with van der Waals surface area (Å²) in [7, 11) is -4.37. The lowest BCUT2D eigenvalue weighted by atomic mass is 10.0. The maximum Gasteiger partial charge on any atom is 0.416 e. The van der Waals surface area contributed by atoms with Gasteiger partial charge in [-0.1, -0.05) is 42.5 Å². The molecule has 11 heteroatoms. The van der Waals surface area contributed by atoms with Gasteiger partial charge in [0.05, 0.1) is 16.7 Å². The number of pyridine rings is 1. The first kappa shape index (κ1) is 27.1. The van der Waals surface area contributed by atoms with E-state index < -0.39 is 26.5 Å². The predicted molar refractivity (Wildman–Crippen MR) is 141 cm³/mol. The number of sulfone groups is 1. The van der Waals surface area contributed by atoms with Crippen molar-refractivity contribution in [3.63, 3.8) is 0 Å². The molecule has 0 aliphatic rings. The summed E-state index contributed by atoms with van der Waals surface area (Å²) in [6, 6.07) is 18.7. The Hall–Kier alpha value is -4.51. The molecule has 7 nitrogen and oxygen atoms in total. The van der Waals surface area contributed by atoms with Crippen molar-refractivity contribution in [2.45, 2.75) is 35.4 Å². The third-order valence-corrected chi connectivity index (χ3v) is 8.08. The number of aromatic nitrogens is 3. The molecule has 1 N–H and O–H groups in total. The van der Waals surface area contributed by atoms with Crippen molar-refractivity contribution in [3.05, 3.63) is 114 Å². The molecule has 5 aromatic rings. The second-order valence-corrected chi connectivity index (χ2v) is 11.0. The van der Waals surface area contributed by atoms with Gasteiger partial charge in [0.25, 0.3) is 0 Å². The SMILES string of the molecule is O=C(CCc1ccc(S(=O)(=O)c2cc(C(F)(F)F)ccc2OCc2ccccc2)cc1)c1cnc2[nH]ncc2c1. The summed E-state index contributed by atoms with van der Waals surface area (Å²) < 4.78 is 73.0. The number of nitrogens with zero attached hydrogens (tertiary/aromatic N) is 2. The zero-order valence-electron chi connectivity index (χ0n) is 20.9. The van der Waals surface area contributed by atoms with Crippen LogP contribution in [0.2, 0.25) is 0 Å². The number of carbonyl (C=O) groups is 1. The molecule has 0 aliphatic heterocycles. The number of Topliss-reactive ketones (excluding diaryl/α,β-unsaturated/α-hetero) is 1. The zero-order chi connectivity index (χ0) is 28.3. The van der Waals surface area contributed by atoms with Crippen molar-refractivity contribution in [2.75, 3.05) is 0 Å². The second kappa shape index (κ2) is 10.9. The van der Waals surface area contributed by atoms with Gasteiger partial charge in [0, 0.05) is 23.6 Å². The highest BCUT2D eigenvalue weighted by Gasteiger charge is 2.34. The van der Waals surface area contributed by atoms with Crippen molar-refractivity contribution in [1.29, 1.82) is 0 Å². The van der Waals surface area contributed by atoms with Crippen LogP contribution in [-0.4, -0.2) is 29.4 Å². The molecule has 0 radical (unpaired) electrons. The molecular formula is C29H22F3N3O4S. The average molecular weight is 566 g/mol. The first-order valence-corrected chi connectivity index (χ1v) is 13.6. The first-order valence-electron chi connectivity index (χ1n) is 12.2. The van der Waals surface area contributed by atoms with Gasteiger partial charge in [0.2, 0.25) is 9.84 Å².